The molecule has 2 unspecified atom stereocenters. The first-order chi connectivity index (χ1) is 17.3. The summed E-state index contributed by atoms with van der Waals surface area (Å²) in [5, 5.41) is 7.72. The number of rotatable bonds is 6. The third-order valence-electron chi connectivity index (χ3n) is 7.30. The van der Waals surface area contributed by atoms with Crippen LogP contribution < -0.4 is 10.4 Å². The Morgan fingerprint density at radius 3 is 2.03 bits per heavy atom. The number of hydrogen-bond acceptors (Lipinski definition) is 2. The maximum absolute atomic E-state index is 7.41. The lowest BCUT2D eigenvalue weighted by Crippen LogP contribution is -2.67. The van der Waals surface area contributed by atoms with Crippen molar-refractivity contribution in [3.05, 3.63) is 99.2 Å². The van der Waals surface area contributed by atoms with E-state index in [-0.39, 0.29) is 11.1 Å². The Balaban J connectivity index is 1.44. The Hall–Kier alpha value is -1.74. The molecule has 1 heterocycles. The fraction of sp³-hybridized carbons (Fsp3) is 0.300. The van der Waals surface area contributed by atoms with Crippen LogP contribution in [0, 0.1) is 3.57 Å². The summed E-state index contributed by atoms with van der Waals surface area (Å²) in [6.07, 6.45) is 5.54. The molecule has 1 aliphatic rings. The van der Waals surface area contributed by atoms with Gasteiger partial charge >= 0.3 is 0 Å². The van der Waals surface area contributed by atoms with Gasteiger partial charge in [-0.05, 0) is 69.4 Å². The predicted octanol–water partition coefficient (Wildman–Crippen LogP) is 7.59. The van der Waals surface area contributed by atoms with E-state index >= 15 is 0 Å². The van der Waals surface area contributed by atoms with Crippen molar-refractivity contribution in [2.24, 2.45) is 0 Å². The van der Waals surface area contributed by atoms with Gasteiger partial charge in [0.05, 0.1) is 9.61 Å². The van der Waals surface area contributed by atoms with Gasteiger partial charge in [-0.1, -0.05) is 109 Å². The zero-order chi connectivity index (χ0) is 25.3. The van der Waals surface area contributed by atoms with Crippen LogP contribution in [0.4, 0.5) is 0 Å². The van der Waals surface area contributed by atoms with Crippen LogP contribution in [0.15, 0.2) is 95.6 Å². The second-order valence-electron chi connectivity index (χ2n) is 10.7. The van der Waals surface area contributed by atoms with E-state index < -0.39 is 8.32 Å². The molecule has 36 heavy (non-hydrogen) atoms. The summed E-state index contributed by atoms with van der Waals surface area (Å²) in [6.45, 7) is 7.06. The van der Waals surface area contributed by atoms with E-state index in [1.807, 2.05) is 0 Å². The van der Waals surface area contributed by atoms with E-state index in [0.717, 1.165) is 35.0 Å². The normalized spacial score (nSPS) is 18.5. The first kappa shape index (κ1) is 25.9. The van der Waals surface area contributed by atoms with Crippen molar-refractivity contribution in [2.75, 3.05) is 0 Å². The molecule has 4 aromatic rings. The predicted molar refractivity (Wildman–Crippen MR) is 163 cm³/mol. The maximum Gasteiger partial charge on any atom is 0.261 e. The molecule has 0 amide bonds. The molecule has 0 N–H and O–H groups in total. The molecule has 186 valence electrons. The summed E-state index contributed by atoms with van der Waals surface area (Å²) < 4.78 is 11.9. The molecule has 5 rings (SSSR count). The van der Waals surface area contributed by atoms with Crippen LogP contribution in [0.5, 0.6) is 0 Å². The van der Waals surface area contributed by atoms with Crippen molar-refractivity contribution in [1.29, 1.82) is 0 Å². The van der Waals surface area contributed by atoms with E-state index in [4.69, 9.17) is 9.52 Å². The van der Waals surface area contributed by atoms with Crippen LogP contribution in [-0.2, 0) is 4.43 Å². The SMILES string of the molecule is CC(C)(C)[Si](OC1CCC(n2cc(I)c(-c3ccc(Br)cc3)n2)C1)(c1ccccc1)c1ccccc1. The molecule has 0 aliphatic heterocycles. The second kappa shape index (κ2) is 10.6. The monoisotopic (exact) mass is 670 g/mol. The second-order valence-corrected chi connectivity index (χ2v) is 17.0. The average Bonchev–Trinajstić information content (AvgIpc) is 3.50. The van der Waals surface area contributed by atoms with Gasteiger partial charge in [0.2, 0.25) is 0 Å². The van der Waals surface area contributed by atoms with Gasteiger partial charge in [-0.2, -0.15) is 5.10 Å². The van der Waals surface area contributed by atoms with E-state index in [0.29, 0.717) is 6.04 Å². The van der Waals surface area contributed by atoms with E-state index in [1.54, 1.807) is 0 Å². The Labute approximate surface area is 237 Å². The third-order valence-corrected chi connectivity index (χ3v) is 13.7. The van der Waals surface area contributed by atoms with E-state index in [2.05, 4.69) is 155 Å². The fourth-order valence-electron chi connectivity index (χ4n) is 5.57. The first-order valence-electron chi connectivity index (χ1n) is 12.6. The lowest BCUT2D eigenvalue weighted by atomic mass is 10.2. The smallest absolute Gasteiger partial charge is 0.261 e. The van der Waals surface area contributed by atoms with Crippen molar-refractivity contribution in [3.63, 3.8) is 0 Å². The van der Waals surface area contributed by atoms with Crippen molar-refractivity contribution >= 4 is 57.2 Å². The highest BCUT2D eigenvalue weighted by molar-refractivity contribution is 14.1. The molecule has 0 radical (unpaired) electrons. The standard InChI is InChI=1S/C30H32BrIN2OSi/c1-30(2,3)36(26-10-6-4-7-11-26,27-12-8-5-9-13-27)35-25-19-18-24(20-25)34-21-28(32)29(33-34)22-14-16-23(31)17-15-22/h4-17,21,24-25H,18-20H2,1-3H3. The molecule has 3 aromatic carbocycles. The molecule has 2 atom stereocenters. The zero-order valence-corrected chi connectivity index (χ0v) is 25.7. The topological polar surface area (TPSA) is 27.1 Å². The van der Waals surface area contributed by atoms with Crippen LogP contribution >= 0.6 is 38.5 Å². The molecule has 0 saturated heterocycles. The minimum Gasteiger partial charge on any atom is -0.404 e. The van der Waals surface area contributed by atoms with Crippen molar-refractivity contribution in [3.8, 4) is 11.3 Å². The molecule has 1 aliphatic carbocycles. The minimum absolute atomic E-state index is 0.0103. The summed E-state index contributed by atoms with van der Waals surface area (Å²) in [5.41, 5.74) is 2.21. The van der Waals surface area contributed by atoms with Crippen LogP contribution in [0.1, 0.15) is 46.1 Å². The largest absolute Gasteiger partial charge is 0.404 e. The molecule has 1 saturated carbocycles. The quantitative estimate of drug-likeness (QED) is 0.156. The lowest BCUT2D eigenvalue weighted by molar-refractivity contribution is 0.189. The fourth-order valence-corrected chi connectivity index (χ4v) is 11.3. The Morgan fingerprint density at radius 1 is 0.889 bits per heavy atom. The molecular formula is C30H32BrIN2OSi. The Morgan fingerprint density at radius 2 is 1.47 bits per heavy atom. The van der Waals surface area contributed by atoms with Crippen molar-refractivity contribution < 1.29 is 4.43 Å². The summed E-state index contributed by atoms with van der Waals surface area (Å²) in [5.74, 6) is 0. The highest BCUT2D eigenvalue weighted by atomic mass is 127. The number of halogens is 2. The molecule has 0 bridgehead atoms. The number of benzene rings is 3. The van der Waals surface area contributed by atoms with E-state index in [1.165, 1.54) is 13.9 Å². The van der Waals surface area contributed by atoms with Crippen LogP contribution in [0.2, 0.25) is 5.04 Å². The van der Waals surface area contributed by atoms with Gasteiger partial charge < -0.3 is 4.43 Å². The minimum atomic E-state index is -2.54. The van der Waals surface area contributed by atoms with Crippen LogP contribution in [-0.4, -0.2) is 24.2 Å². The molecule has 1 fully saturated rings. The number of nitrogens with zero attached hydrogens (tertiary/aromatic N) is 2. The van der Waals surface area contributed by atoms with Crippen molar-refractivity contribution in [2.45, 2.75) is 57.2 Å². The van der Waals surface area contributed by atoms with Gasteiger partial charge in [0.25, 0.3) is 8.32 Å². The van der Waals surface area contributed by atoms with Gasteiger partial charge in [-0.25, -0.2) is 0 Å². The van der Waals surface area contributed by atoms with Gasteiger partial charge in [0.1, 0.15) is 5.69 Å². The zero-order valence-electron chi connectivity index (χ0n) is 21.0. The van der Waals surface area contributed by atoms with Gasteiger partial charge in [0.15, 0.2) is 0 Å². The molecule has 6 heteroatoms. The number of aromatic nitrogens is 2. The van der Waals surface area contributed by atoms with Crippen LogP contribution in [0.25, 0.3) is 11.3 Å². The third kappa shape index (κ3) is 5.02. The highest BCUT2D eigenvalue weighted by Gasteiger charge is 2.52. The van der Waals surface area contributed by atoms with E-state index in [9.17, 15) is 0 Å². The van der Waals surface area contributed by atoms with Crippen LogP contribution in [0.3, 0.4) is 0 Å². The average molecular weight is 671 g/mol. The number of hydrogen-bond donors (Lipinski definition) is 0. The van der Waals surface area contributed by atoms with Crippen molar-refractivity contribution in [1.82, 2.24) is 9.78 Å². The summed E-state index contributed by atoms with van der Waals surface area (Å²) in [7, 11) is -2.54. The Bertz CT molecular complexity index is 1260. The highest BCUT2D eigenvalue weighted by Crippen LogP contribution is 2.41. The maximum atomic E-state index is 7.41. The molecule has 1 aromatic heterocycles. The first-order valence-corrected chi connectivity index (χ1v) is 16.4. The molecular weight excluding hydrogens is 639 g/mol. The van der Waals surface area contributed by atoms with Gasteiger partial charge in [-0.15, -0.1) is 0 Å². The molecule has 0 spiro atoms. The molecule has 3 nitrogen and oxygen atoms in total. The summed E-state index contributed by atoms with van der Waals surface area (Å²) in [4.78, 5) is 0. The summed E-state index contributed by atoms with van der Waals surface area (Å²) >= 11 is 5.95. The van der Waals surface area contributed by atoms with Gasteiger partial charge in [-0.3, -0.25) is 4.68 Å². The summed E-state index contributed by atoms with van der Waals surface area (Å²) in [6, 6.07) is 30.7. The van der Waals surface area contributed by atoms with Gasteiger partial charge in [0, 0.05) is 22.3 Å². The lowest BCUT2D eigenvalue weighted by Gasteiger charge is -2.44. The Kier molecular flexibility index (Phi) is 7.59.